The van der Waals surface area contributed by atoms with Crippen LogP contribution in [0.25, 0.3) is 11.0 Å². The average Bonchev–Trinajstić information content (AvgIpc) is 2.76. The van der Waals surface area contributed by atoms with Gasteiger partial charge in [-0.05, 0) is 62.7 Å². The number of piperidine rings is 1. The van der Waals surface area contributed by atoms with Crippen LogP contribution < -0.4 is 10.7 Å². The third-order valence-corrected chi connectivity index (χ3v) is 5.90. The molecule has 1 aliphatic rings. The van der Waals surface area contributed by atoms with Crippen LogP contribution >= 0.6 is 11.6 Å². The molecule has 3 aromatic rings. The Morgan fingerprint density at radius 3 is 2.57 bits per heavy atom. The van der Waals surface area contributed by atoms with Crippen molar-refractivity contribution in [1.82, 2.24) is 10.2 Å². The standard InChI is InChI=1S/C24H25ClN2O3/c1-16-5-10-22-19(13-16)21(28)14-23(30-22)24(29)26-15-20(27-11-3-2-4-12-27)17-6-8-18(25)9-7-17/h5-10,13-14,20H,2-4,11-12,15H2,1H3,(H,26,29)/t20-/m0/s1. The van der Waals surface area contributed by atoms with Crippen LogP contribution in [0, 0.1) is 6.92 Å². The van der Waals surface area contributed by atoms with Crippen LogP contribution in [0.2, 0.25) is 5.02 Å². The SMILES string of the molecule is Cc1ccc2oc(C(=O)NC[C@@H](c3ccc(Cl)cc3)N3CCCCC3)cc(=O)c2c1. The lowest BCUT2D eigenvalue weighted by atomic mass is 10.0. The van der Waals surface area contributed by atoms with Gasteiger partial charge < -0.3 is 9.73 Å². The number of fused-ring (bicyclic) bond motifs is 1. The predicted octanol–water partition coefficient (Wildman–Crippen LogP) is 4.71. The van der Waals surface area contributed by atoms with Gasteiger partial charge in [0.1, 0.15) is 5.58 Å². The molecule has 1 saturated heterocycles. The van der Waals surface area contributed by atoms with Crippen LogP contribution in [0.15, 0.2) is 57.7 Å². The Bertz CT molecular complexity index is 1100. The molecule has 0 saturated carbocycles. The summed E-state index contributed by atoms with van der Waals surface area (Å²) in [6.45, 7) is 4.33. The van der Waals surface area contributed by atoms with Crippen LogP contribution in [-0.4, -0.2) is 30.4 Å². The molecule has 1 fully saturated rings. The second-order valence-corrected chi connectivity index (χ2v) is 8.28. The van der Waals surface area contributed by atoms with Crippen molar-refractivity contribution in [3.63, 3.8) is 0 Å². The van der Waals surface area contributed by atoms with Gasteiger partial charge in [0, 0.05) is 17.6 Å². The molecule has 0 bridgehead atoms. The van der Waals surface area contributed by atoms with E-state index in [1.807, 2.05) is 37.3 Å². The number of likely N-dealkylation sites (tertiary alicyclic amines) is 1. The number of nitrogens with one attached hydrogen (secondary N) is 1. The van der Waals surface area contributed by atoms with Gasteiger partial charge in [-0.15, -0.1) is 0 Å². The summed E-state index contributed by atoms with van der Waals surface area (Å²) in [4.78, 5) is 27.6. The number of aryl methyl sites for hydroxylation is 1. The maximum absolute atomic E-state index is 12.8. The second-order valence-electron chi connectivity index (χ2n) is 7.85. The first-order valence-electron chi connectivity index (χ1n) is 10.3. The maximum Gasteiger partial charge on any atom is 0.287 e. The number of rotatable bonds is 5. The van der Waals surface area contributed by atoms with Gasteiger partial charge in [0.25, 0.3) is 5.91 Å². The van der Waals surface area contributed by atoms with Crippen molar-refractivity contribution in [2.45, 2.75) is 32.2 Å². The van der Waals surface area contributed by atoms with Crippen molar-refractivity contribution in [2.75, 3.05) is 19.6 Å². The highest BCUT2D eigenvalue weighted by molar-refractivity contribution is 6.30. The Morgan fingerprint density at radius 2 is 1.83 bits per heavy atom. The van der Waals surface area contributed by atoms with Crippen LogP contribution in [0.4, 0.5) is 0 Å². The number of hydrogen-bond donors (Lipinski definition) is 1. The number of hydrogen-bond acceptors (Lipinski definition) is 4. The van der Waals surface area contributed by atoms with Crippen molar-refractivity contribution in [3.8, 4) is 0 Å². The summed E-state index contributed by atoms with van der Waals surface area (Å²) < 4.78 is 5.72. The molecule has 1 N–H and O–H groups in total. The normalized spacial score (nSPS) is 15.8. The van der Waals surface area contributed by atoms with E-state index in [0.29, 0.717) is 22.5 Å². The number of halogens is 1. The van der Waals surface area contributed by atoms with Gasteiger partial charge >= 0.3 is 0 Å². The quantitative estimate of drug-likeness (QED) is 0.644. The maximum atomic E-state index is 12.8. The van der Waals surface area contributed by atoms with E-state index in [4.69, 9.17) is 16.0 Å². The summed E-state index contributed by atoms with van der Waals surface area (Å²) in [7, 11) is 0. The summed E-state index contributed by atoms with van der Waals surface area (Å²) in [5.41, 5.74) is 2.29. The summed E-state index contributed by atoms with van der Waals surface area (Å²) in [6, 6.07) is 14.4. The lowest BCUT2D eigenvalue weighted by Gasteiger charge is -2.35. The molecular formula is C24H25ClN2O3. The Morgan fingerprint density at radius 1 is 1.10 bits per heavy atom. The molecule has 0 aliphatic carbocycles. The minimum Gasteiger partial charge on any atom is -0.451 e. The fourth-order valence-electron chi connectivity index (χ4n) is 4.03. The molecule has 0 radical (unpaired) electrons. The van der Waals surface area contributed by atoms with Crippen LogP contribution in [-0.2, 0) is 0 Å². The van der Waals surface area contributed by atoms with E-state index in [2.05, 4.69) is 10.2 Å². The number of amides is 1. The number of nitrogens with zero attached hydrogens (tertiary/aromatic N) is 1. The molecule has 30 heavy (non-hydrogen) atoms. The van der Waals surface area contributed by atoms with Crippen LogP contribution in [0.3, 0.4) is 0 Å². The van der Waals surface area contributed by atoms with Crippen LogP contribution in [0.1, 0.15) is 47.0 Å². The van der Waals surface area contributed by atoms with Gasteiger partial charge in [0.2, 0.25) is 0 Å². The predicted molar refractivity (Wildman–Crippen MR) is 119 cm³/mol. The Balaban J connectivity index is 1.55. The molecule has 2 heterocycles. The number of benzene rings is 2. The topological polar surface area (TPSA) is 62.6 Å². The molecule has 0 unspecified atom stereocenters. The average molecular weight is 425 g/mol. The van der Waals surface area contributed by atoms with Crippen LogP contribution in [0.5, 0.6) is 0 Å². The highest BCUT2D eigenvalue weighted by atomic mass is 35.5. The smallest absolute Gasteiger partial charge is 0.287 e. The summed E-state index contributed by atoms with van der Waals surface area (Å²) in [5.74, 6) is -0.351. The highest BCUT2D eigenvalue weighted by Crippen LogP contribution is 2.25. The molecule has 5 nitrogen and oxygen atoms in total. The molecule has 1 aliphatic heterocycles. The fraction of sp³-hybridized carbons (Fsp3) is 0.333. The summed E-state index contributed by atoms with van der Waals surface area (Å²) >= 11 is 6.06. The van der Waals surface area contributed by atoms with Crippen molar-refractivity contribution in [1.29, 1.82) is 0 Å². The summed E-state index contributed by atoms with van der Waals surface area (Å²) in [6.07, 6.45) is 3.53. The molecule has 1 amide bonds. The minimum absolute atomic E-state index is 0.0323. The zero-order valence-corrected chi connectivity index (χ0v) is 17.7. The van der Waals surface area contributed by atoms with Gasteiger partial charge in [-0.25, -0.2) is 0 Å². The van der Waals surface area contributed by atoms with Crippen molar-refractivity contribution in [2.24, 2.45) is 0 Å². The first-order valence-corrected chi connectivity index (χ1v) is 10.7. The third-order valence-electron chi connectivity index (χ3n) is 5.65. The molecular weight excluding hydrogens is 400 g/mol. The van der Waals surface area contributed by atoms with Crippen molar-refractivity contribution in [3.05, 3.63) is 80.7 Å². The minimum atomic E-state index is -0.384. The van der Waals surface area contributed by atoms with E-state index in [9.17, 15) is 9.59 Å². The van der Waals surface area contributed by atoms with E-state index < -0.39 is 0 Å². The van der Waals surface area contributed by atoms with Crippen molar-refractivity contribution < 1.29 is 9.21 Å². The molecule has 4 rings (SSSR count). The largest absolute Gasteiger partial charge is 0.451 e. The molecule has 1 aromatic heterocycles. The highest BCUT2D eigenvalue weighted by Gasteiger charge is 2.23. The molecule has 156 valence electrons. The molecule has 0 spiro atoms. The van der Waals surface area contributed by atoms with E-state index in [1.54, 1.807) is 12.1 Å². The third kappa shape index (κ3) is 4.58. The van der Waals surface area contributed by atoms with Gasteiger partial charge in [-0.1, -0.05) is 41.8 Å². The molecule has 6 heteroatoms. The monoisotopic (exact) mass is 424 g/mol. The Hall–Kier alpha value is -2.63. The lowest BCUT2D eigenvalue weighted by molar-refractivity contribution is 0.0897. The Labute approximate surface area is 180 Å². The number of carbonyl (C=O) groups excluding carboxylic acids is 1. The Kier molecular flexibility index (Phi) is 6.21. The van der Waals surface area contributed by atoms with E-state index in [0.717, 1.165) is 37.1 Å². The van der Waals surface area contributed by atoms with Gasteiger partial charge in [0.15, 0.2) is 11.2 Å². The van der Waals surface area contributed by atoms with E-state index >= 15 is 0 Å². The van der Waals surface area contributed by atoms with Gasteiger partial charge in [0.05, 0.1) is 11.4 Å². The molecule has 1 atom stereocenters. The lowest BCUT2D eigenvalue weighted by Crippen LogP contribution is -2.40. The molecule has 2 aromatic carbocycles. The van der Waals surface area contributed by atoms with E-state index in [1.165, 1.54) is 12.5 Å². The first-order chi connectivity index (χ1) is 14.5. The van der Waals surface area contributed by atoms with Crippen molar-refractivity contribution >= 4 is 28.5 Å². The van der Waals surface area contributed by atoms with E-state index in [-0.39, 0.29) is 23.1 Å². The second kappa shape index (κ2) is 9.02. The number of carbonyl (C=O) groups is 1. The zero-order chi connectivity index (χ0) is 21.1. The van der Waals surface area contributed by atoms with Gasteiger partial charge in [-0.3, -0.25) is 14.5 Å². The summed E-state index contributed by atoms with van der Waals surface area (Å²) in [5, 5.41) is 4.14. The zero-order valence-electron chi connectivity index (χ0n) is 17.0. The fourth-order valence-corrected chi connectivity index (χ4v) is 4.16. The van der Waals surface area contributed by atoms with Gasteiger partial charge in [-0.2, -0.15) is 0 Å². The first kappa shape index (κ1) is 20.6.